The van der Waals surface area contributed by atoms with Crippen molar-refractivity contribution >= 4 is 0 Å². The van der Waals surface area contributed by atoms with Crippen LogP contribution in [0.25, 0.3) is 0 Å². The van der Waals surface area contributed by atoms with Crippen molar-refractivity contribution in [3.05, 3.63) is 29.8 Å². The smallest absolute Gasteiger partial charge is 0.122 e. The fourth-order valence-corrected chi connectivity index (χ4v) is 3.78. The minimum atomic E-state index is 0.587. The van der Waals surface area contributed by atoms with Gasteiger partial charge in [0.15, 0.2) is 0 Å². The molecule has 0 spiro atoms. The Morgan fingerprint density at radius 2 is 1.86 bits per heavy atom. The first-order valence-electron chi connectivity index (χ1n) is 8.63. The van der Waals surface area contributed by atoms with E-state index in [9.17, 15) is 0 Å². The number of benzene rings is 1. The molecule has 0 amide bonds. The first kappa shape index (κ1) is 16.4. The van der Waals surface area contributed by atoms with Crippen LogP contribution in [0.15, 0.2) is 24.3 Å². The average Bonchev–Trinajstić information content (AvgIpc) is 2.55. The maximum Gasteiger partial charge on any atom is 0.122 e. The third kappa shape index (κ3) is 4.47. The van der Waals surface area contributed by atoms with Gasteiger partial charge in [-0.25, -0.2) is 0 Å². The first-order chi connectivity index (χ1) is 10.3. The summed E-state index contributed by atoms with van der Waals surface area (Å²) in [5.41, 5.74) is 1.34. The topological polar surface area (TPSA) is 21.3 Å². The van der Waals surface area contributed by atoms with Crippen LogP contribution in [0.3, 0.4) is 0 Å². The van der Waals surface area contributed by atoms with E-state index in [0.29, 0.717) is 6.04 Å². The van der Waals surface area contributed by atoms with E-state index in [1.807, 2.05) is 0 Å². The van der Waals surface area contributed by atoms with Gasteiger partial charge in [0.25, 0.3) is 0 Å². The van der Waals surface area contributed by atoms with E-state index >= 15 is 0 Å². The van der Waals surface area contributed by atoms with Crippen molar-refractivity contribution < 1.29 is 4.74 Å². The molecule has 0 aromatic heterocycles. The molecule has 0 bridgehead atoms. The summed E-state index contributed by atoms with van der Waals surface area (Å²) in [7, 11) is 1.77. The largest absolute Gasteiger partial charge is 0.496 e. The molecule has 2 heteroatoms. The van der Waals surface area contributed by atoms with Gasteiger partial charge in [-0.05, 0) is 49.3 Å². The number of methoxy groups -OCH3 is 1. The lowest BCUT2D eigenvalue weighted by molar-refractivity contribution is 0.217. The van der Waals surface area contributed by atoms with Gasteiger partial charge in [0.05, 0.1) is 7.11 Å². The quantitative estimate of drug-likeness (QED) is 0.801. The lowest BCUT2D eigenvalue weighted by Crippen LogP contribution is -2.39. The molecule has 1 atom stereocenters. The Balaban J connectivity index is 2.02. The number of hydrogen-bond acceptors (Lipinski definition) is 2. The maximum absolute atomic E-state index is 5.52. The number of rotatable bonds is 7. The van der Waals surface area contributed by atoms with Gasteiger partial charge in [-0.15, -0.1) is 0 Å². The molecule has 1 aromatic rings. The molecule has 21 heavy (non-hydrogen) atoms. The molecule has 2 nitrogen and oxygen atoms in total. The molecule has 1 fully saturated rings. The maximum atomic E-state index is 5.52. The molecule has 0 heterocycles. The normalized spacial score (nSPS) is 23.8. The lowest BCUT2D eigenvalue weighted by atomic mass is 9.76. The highest BCUT2D eigenvalue weighted by molar-refractivity contribution is 5.34. The van der Waals surface area contributed by atoms with E-state index in [-0.39, 0.29) is 0 Å². The van der Waals surface area contributed by atoms with E-state index < -0.39 is 0 Å². The molecule has 118 valence electrons. The second kappa shape index (κ2) is 8.43. The van der Waals surface area contributed by atoms with Crippen LogP contribution < -0.4 is 10.1 Å². The number of hydrogen-bond donors (Lipinski definition) is 1. The van der Waals surface area contributed by atoms with Crippen LogP contribution in [0.2, 0.25) is 0 Å². The van der Waals surface area contributed by atoms with Crippen LogP contribution in [-0.4, -0.2) is 19.7 Å². The van der Waals surface area contributed by atoms with Gasteiger partial charge in [-0.1, -0.05) is 51.3 Å². The molecular weight excluding hydrogens is 258 g/mol. The molecule has 1 unspecified atom stereocenters. The first-order valence-corrected chi connectivity index (χ1v) is 8.63. The molecule has 0 aliphatic heterocycles. The fraction of sp³-hybridized carbons (Fsp3) is 0.684. The van der Waals surface area contributed by atoms with Gasteiger partial charge >= 0.3 is 0 Å². The Morgan fingerprint density at radius 3 is 2.48 bits per heavy atom. The van der Waals surface area contributed by atoms with Crippen LogP contribution in [-0.2, 0) is 6.42 Å². The van der Waals surface area contributed by atoms with Gasteiger partial charge in [-0.2, -0.15) is 0 Å². The second-order valence-electron chi connectivity index (χ2n) is 6.37. The summed E-state index contributed by atoms with van der Waals surface area (Å²) >= 11 is 0. The summed E-state index contributed by atoms with van der Waals surface area (Å²) in [6, 6.07) is 9.04. The van der Waals surface area contributed by atoms with Gasteiger partial charge in [0, 0.05) is 6.04 Å². The van der Waals surface area contributed by atoms with Gasteiger partial charge < -0.3 is 10.1 Å². The summed E-state index contributed by atoms with van der Waals surface area (Å²) in [5.74, 6) is 2.81. The van der Waals surface area contributed by atoms with E-state index in [4.69, 9.17) is 4.74 Å². The number of nitrogens with one attached hydrogen (secondary N) is 1. The van der Waals surface area contributed by atoms with Gasteiger partial charge in [-0.3, -0.25) is 0 Å². The Labute approximate surface area is 130 Å². The van der Waals surface area contributed by atoms with Crippen molar-refractivity contribution in [2.45, 2.75) is 58.4 Å². The standard InChI is InChI=1S/C19H31NO/c1-4-15-10-12-16(13-11-15)18(20-5-2)14-17-8-6-7-9-19(17)21-3/h6-9,15-16,18,20H,4-5,10-14H2,1-3H3. The van der Waals surface area contributed by atoms with Crippen LogP contribution >= 0.6 is 0 Å². The Bertz CT molecular complexity index is 410. The van der Waals surface area contributed by atoms with E-state index in [2.05, 4.69) is 43.4 Å². The summed E-state index contributed by atoms with van der Waals surface area (Å²) in [6.07, 6.45) is 8.02. The Hall–Kier alpha value is -1.02. The van der Waals surface area contributed by atoms with Crippen LogP contribution in [0, 0.1) is 11.8 Å². The Morgan fingerprint density at radius 1 is 1.14 bits per heavy atom. The third-order valence-corrected chi connectivity index (χ3v) is 5.14. The monoisotopic (exact) mass is 289 g/mol. The molecular formula is C19H31NO. The van der Waals surface area contributed by atoms with Crippen molar-refractivity contribution in [3.8, 4) is 5.75 Å². The lowest BCUT2D eigenvalue weighted by Gasteiger charge is -2.34. The molecule has 2 rings (SSSR count). The van der Waals surface area contributed by atoms with E-state index in [1.54, 1.807) is 7.11 Å². The van der Waals surface area contributed by atoms with E-state index in [1.165, 1.54) is 37.7 Å². The predicted molar refractivity (Wildman–Crippen MR) is 89.9 cm³/mol. The van der Waals surface area contributed by atoms with Crippen LogP contribution in [0.1, 0.15) is 51.5 Å². The third-order valence-electron chi connectivity index (χ3n) is 5.14. The summed E-state index contributed by atoms with van der Waals surface area (Å²) in [6.45, 7) is 5.60. The highest BCUT2D eigenvalue weighted by Gasteiger charge is 2.27. The number of likely N-dealkylation sites (N-methyl/N-ethyl adjacent to an activating group) is 1. The molecule has 1 aliphatic rings. The van der Waals surface area contributed by atoms with E-state index in [0.717, 1.165) is 30.6 Å². The van der Waals surface area contributed by atoms with Crippen LogP contribution in [0.5, 0.6) is 5.75 Å². The number of para-hydroxylation sites is 1. The molecule has 1 aromatic carbocycles. The highest BCUT2D eigenvalue weighted by Crippen LogP contribution is 2.34. The predicted octanol–water partition coefficient (Wildman–Crippen LogP) is 4.43. The molecule has 1 saturated carbocycles. The second-order valence-corrected chi connectivity index (χ2v) is 6.37. The van der Waals surface area contributed by atoms with Crippen molar-refractivity contribution in [2.75, 3.05) is 13.7 Å². The minimum Gasteiger partial charge on any atom is -0.496 e. The molecule has 1 aliphatic carbocycles. The fourth-order valence-electron chi connectivity index (χ4n) is 3.78. The Kier molecular flexibility index (Phi) is 6.56. The summed E-state index contributed by atoms with van der Waals surface area (Å²) < 4.78 is 5.52. The van der Waals surface area contributed by atoms with Gasteiger partial charge in [0.2, 0.25) is 0 Å². The van der Waals surface area contributed by atoms with Crippen molar-refractivity contribution in [3.63, 3.8) is 0 Å². The highest BCUT2D eigenvalue weighted by atomic mass is 16.5. The molecule has 0 saturated heterocycles. The SMILES string of the molecule is CCNC(Cc1ccccc1OC)C1CCC(CC)CC1. The van der Waals surface area contributed by atoms with Crippen LogP contribution in [0.4, 0.5) is 0 Å². The zero-order valence-electron chi connectivity index (χ0n) is 13.9. The zero-order valence-corrected chi connectivity index (χ0v) is 13.9. The van der Waals surface area contributed by atoms with Crippen molar-refractivity contribution in [2.24, 2.45) is 11.8 Å². The zero-order chi connectivity index (χ0) is 15.1. The molecule has 1 N–H and O–H groups in total. The van der Waals surface area contributed by atoms with Crippen molar-refractivity contribution in [1.29, 1.82) is 0 Å². The summed E-state index contributed by atoms with van der Waals surface area (Å²) in [5, 5.41) is 3.73. The average molecular weight is 289 g/mol. The number of ether oxygens (including phenoxy) is 1. The summed E-state index contributed by atoms with van der Waals surface area (Å²) in [4.78, 5) is 0. The minimum absolute atomic E-state index is 0.587. The molecule has 0 radical (unpaired) electrons. The van der Waals surface area contributed by atoms with Crippen molar-refractivity contribution in [1.82, 2.24) is 5.32 Å². The van der Waals surface area contributed by atoms with Gasteiger partial charge in [0.1, 0.15) is 5.75 Å².